The molecule has 0 amide bonds. The van der Waals surface area contributed by atoms with Gasteiger partial charge in [0.25, 0.3) is 0 Å². The number of carbonyl (C=O) groups excluding carboxylic acids is 2. The number of hydrogen-bond acceptors (Lipinski definition) is 4. The SMILES string of the molecule is C#C[C@]12CC[C@@H](C(=C)C)C1C1CCC3[C@@]4(C)CCC(OC(=O)CC(C)(C)C(=O)OC)C(C)(C)C4CC[C@@]3(C)[C@]1(C)CC2. The maximum absolute atomic E-state index is 13.1. The fraction of sp³-hybridized carbons (Fsp3) is 0.842. The van der Waals surface area contributed by atoms with Crippen LogP contribution in [0.5, 0.6) is 0 Å². The van der Waals surface area contributed by atoms with E-state index < -0.39 is 5.41 Å². The highest BCUT2D eigenvalue weighted by atomic mass is 16.5. The van der Waals surface area contributed by atoms with Crippen molar-refractivity contribution < 1.29 is 19.1 Å². The average molecular weight is 579 g/mol. The van der Waals surface area contributed by atoms with Crippen molar-refractivity contribution in [2.75, 3.05) is 7.11 Å². The molecule has 234 valence electrons. The zero-order valence-corrected chi connectivity index (χ0v) is 28.2. The Balaban J connectivity index is 1.40. The lowest BCUT2D eigenvalue weighted by Crippen LogP contribution is -2.66. The van der Waals surface area contributed by atoms with Gasteiger partial charge in [-0.3, -0.25) is 9.59 Å². The van der Waals surface area contributed by atoms with Crippen LogP contribution in [0.4, 0.5) is 0 Å². The van der Waals surface area contributed by atoms with Crippen molar-refractivity contribution in [2.24, 2.45) is 62.1 Å². The third-order valence-electron chi connectivity index (χ3n) is 14.9. The summed E-state index contributed by atoms with van der Waals surface area (Å²) in [5.41, 5.74) is 1.15. The highest BCUT2D eigenvalue weighted by Gasteiger charge is 2.71. The molecule has 10 atom stereocenters. The Hall–Kier alpha value is -1.76. The van der Waals surface area contributed by atoms with E-state index in [1.165, 1.54) is 64.0 Å². The lowest BCUT2D eigenvalue weighted by molar-refractivity contribution is -0.247. The Bertz CT molecular complexity index is 1170. The van der Waals surface area contributed by atoms with Gasteiger partial charge in [0.15, 0.2) is 0 Å². The van der Waals surface area contributed by atoms with Crippen LogP contribution in [0.15, 0.2) is 12.2 Å². The van der Waals surface area contributed by atoms with E-state index in [9.17, 15) is 9.59 Å². The van der Waals surface area contributed by atoms with E-state index in [1.54, 1.807) is 13.8 Å². The minimum absolute atomic E-state index is 0.0418. The molecular weight excluding hydrogens is 520 g/mol. The second-order valence-corrected chi connectivity index (χ2v) is 17.4. The molecule has 4 heteroatoms. The third kappa shape index (κ3) is 4.29. The van der Waals surface area contributed by atoms with E-state index in [1.807, 2.05) is 0 Å². The van der Waals surface area contributed by atoms with Crippen LogP contribution < -0.4 is 0 Å². The molecule has 0 spiro atoms. The minimum atomic E-state index is -0.890. The molecule has 5 aliphatic rings. The number of fused-ring (bicyclic) bond motifs is 7. The van der Waals surface area contributed by atoms with Crippen LogP contribution in [0.2, 0.25) is 0 Å². The van der Waals surface area contributed by atoms with Crippen LogP contribution in [-0.2, 0) is 19.1 Å². The summed E-state index contributed by atoms with van der Waals surface area (Å²) in [5, 5.41) is 0. The number of carbonyl (C=O) groups is 2. The van der Waals surface area contributed by atoms with E-state index in [0.717, 1.165) is 12.8 Å². The van der Waals surface area contributed by atoms with Crippen molar-refractivity contribution in [3.8, 4) is 12.3 Å². The molecule has 0 bridgehead atoms. The van der Waals surface area contributed by atoms with Crippen LogP contribution in [0, 0.1) is 74.4 Å². The van der Waals surface area contributed by atoms with Crippen molar-refractivity contribution in [3.05, 3.63) is 12.2 Å². The van der Waals surface area contributed by atoms with Gasteiger partial charge in [-0.05, 0) is 131 Å². The Kier molecular flexibility index (Phi) is 7.64. The molecule has 42 heavy (non-hydrogen) atoms. The maximum Gasteiger partial charge on any atom is 0.311 e. The molecule has 5 saturated carbocycles. The summed E-state index contributed by atoms with van der Waals surface area (Å²) < 4.78 is 11.2. The summed E-state index contributed by atoms with van der Waals surface area (Å²) in [5.74, 6) is 5.68. The van der Waals surface area contributed by atoms with E-state index in [0.29, 0.717) is 29.6 Å². The number of terminal acetylenes is 1. The molecule has 4 nitrogen and oxygen atoms in total. The Morgan fingerprint density at radius 1 is 0.905 bits per heavy atom. The molecule has 0 heterocycles. The fourth-order valence-corrected chi connectivity index (χ4v) is 12.5. The van der Waals surface area contributed by atoms with Gasteiger partial charge in [0, 0.05) is 10.8 Å². The fourth-order valence-electron chi connectivity index (χ4n) is 12.5. The van der Waals surface area contributed by atoms with E-state index in [4.69, 9.17) is 15.9 Å². The maximum atomic E-state index is 13.1. The van der Waals surface area contributed by atoms with Crippen LogP contribution in [0.25, 0.3) is 0 Å². The summed E-state index contributed by atoms with van der Waals surface area (Å²) in [6.07, 6.45) is 18.0. The Labute approximate surface area is 256 Å². The lowest BCUT2D eigenvalue weighted by atomic mass is 9.32. The number of esters is 2. The first-order chi connectivity index (χ1) is 19.4. The molecule has 5 aliphatic carbocycles. The van der Waals surface area contributed by atoms with Gasteiger partial charge in [-0.15, -0.1) is 6.42 Å². The molecule has 0 N–H and O–H groups in total. The smallest absolute Gasteiger partial charge is 0.311 e. The molecule has 0 aromatic heterocycles. The number of rotatable bonds is 5. The Morgan fingerprint density at radius 2 is 1.60 bits per heavy atom. The summed E-state index contributed by atoms with van der Waals surface area (Å²) in [6, 6.07) is 0. The quantitative estimate of drug-likeness (QED) is 0.186. The third-order valence-corrected chi connectivity index (χ3v) is 14.9. The zero-order chi connectivity index (χ0) is 31.1. The van der Waals surface area contributed by atoms with Crippen molar-refractivity contribution >= 4 is 11.9 Å². The number of hydrogen-bond donors (Lipinski definition) is 0. The topological polar surface area (TPSA) is 52.6 Å². The first-order valence-corrected chi connectivity index (χ1v) is 16.8. The van der Waals surface area contributed by atoms with Gasteiger partial charge in [0.05, 0.1) is 18.9 Å². The molecule has 0 aliphatic heterocycles. The molecular formula is C38H58O4. The average Bonchev–Trinajstić information content (AvgIpc) is 3.30. The van der Waals surface area contributed by atoms with Crippen LogP contribution in [-0.4, -0.2) is 25.2 Å². The monoisotopic (exact) mass is 578 g/mol. The van der Waals surface area contributed by atoms with Crippen LogP contribution >= 0.6 is 0 Å². The molecule has 0 saturated heterocycles. The molecule has 0 radical (unpaired) electrons. The Morgan fingerprint density at radius 3 is 2.21 bits per heavy atom. The van der Waals surface area contributed by atoms with Gasteiger partial charge in [-0.25, -0.2) is 0 Å². The van der Waals surface area contributed by atoms with Gasteiger partial charge in [-0.2, -0.15) is 0 Å². The van der Waals surface area contributed by atoms with Crippen molar-refractivity contribution in [1.82, 2.24) is 0 Å². The van der Waals surface area contributed by atoms with Gasteiger partial charge in [0.2, 0.25) is 0 Å². The van der Waals surface area contributed by atoms with E-state index in [-0.39, 0.29) is 51.5 Å². The summed E-state index contributed by atoms with van der Waals surface area (Å²) in [4.78, 5) is 25.3. The highest BCUT2D eigenvalue weighted by Crippen LogP contribution is 2.77. The minimum Gasteiger partial charge on any atom is -0.469 e. The van der Waals surface area contributed by atoms with Gasteiger partial charge < -0.3 is 9.47 Å². The largest absolute Gasteiger partial charge is 0.469 e. The van der Waals surface area contributed by atoms with Crippen molar-refractivity contribution in [1.29, 1.82) is 0 Å². The number of ether oxygens (including phenoxy) is 2. The van der Waals surface area contributed by atoms with Crippen LogP contribution in [0.3, 0.4) is 0 Å². The molecule has 0 aromatic rings. The highest BCUT2D eigenvalue weighted by molar-refractivity contribution is 5.82. The van der Waals surface area contributed by atoms with Crippen molar-refractivity contribution in [2.45, 2.75) is 132 Å². The van der Waals surface area contributed by atoms with Crippen LogP contribution in [0.1, 0.15) is 126 Å². The molecule has 5 rings (SSSR count). The van der Waals surface area contributed by atoms with E-state index >= 15 is 0 Å². The second-order valence-electron chi connectivity index (χ2n) is 17.4. The zero-order valence-electron chi connectivity index (χ0n) is 28.2. The van der Waals surface area contributed by atoms with Gasteiger partial charge >= 0.3 is 11.9 Å². The lowest BCUT2D eigenvalue weighted by Gasteiger charge is -2.72. The summed E-state index contributed by atoms with van der Waals surface area (Å²) >= 11 is 0. The second kappa shape index (κ2) is 10.1. The molecule has 5 unspecified atom stereocenters. The predicted molar refractivity (Wildman–Crippen MR) is 168 cm³/mol. The first kappa shape index (κ1) is 31.7. The standard InChI is InChI=1S/C38H58O4/c1-12-38-20-15-25(24(2)3)31(38)26-13-14-28-35(8)18-17-29(42-30(39)23-33(4,5)32(40)41-11)34(6,7)27(35)16-19-37(28,10)36(26,9)21-22-38/h1,25-29,31H,2,13-23H2,3-11H3/t25-,26?,27?,28?,29?,31?,35-,36+,37+,38+/m0/s1. The number of allylic oxidation sites excluding steroid dienone is 1. The van der Waals surface area contributed by atoms with Crippen molar-refractivity contribution in [3.63, 3.8) is 0 Å². The summed E-state index contributed by atoms with van der Waals surface area (Å²) in [6.45, 7) is 22.8. The van der Waals surface area contributed by atoms with E-state index in [2.05, 4.69) is 54.0 Å². The summed E-state index contributed by atoms with van der Waals surface area (Å²) in [7, 11) is 1.37. The molecule has 0 aromatic carbocycles. The van der Waals surface area contributed by atoms with Gasteiger partial charge in [0.1, 0.15) is 6.10 Å². The first-order valence-electron chi connectivity index (χ1n) is 16.8. The number of methoxy groups -OCH3 is 1. The molecule has 5 fully saturated rings. The van der Waals surface area contributed by atoms with Gasteiger partial charge in [-0.1, -0.05) is 52.7 Å². The predicted octanol–water partition coefficient (Wildman–Crippen LogP) is 8.78. The normalized spacial score (nSPS) is 45.7.